The summed E-state index contributed by atoms with van der Waals surface area (Å²) in [5.74, 6) is 1.52. The lowest BCUT2D eigenvalue weighted by Gasteiger charge is -2.43. The molecule has 1 aliphatic heterocycles. The average molecular weight is 261 g/mol. The molecule has 1 aliphatic rings. The number of anilines is 1. The SMILES string of the molecule is CCNCc1cnccc1N1CC(C)CC(C)C1C. The van der Waals surface area contributed by atoms with Gasteiger partial charge in [-0.2, -0.15) is 0 Å². The van der Waals surface area contributed by atoms with Crippen LogP contribution >= 0.6 is 0 Å². The van der Waals surface area contributed by atoms with Gasteiger partial charge in [-0.3, -0.25) is 4.98 Å². The van der Waals surface area contributed by atoms with Gasteiger partial charge in [0.2, 0.25) is 0 Å². The number of nitrogens with zero attached hydrogens (tertiary/aromatic N) is 2. The van der Waals surface area contributed by atoms with E-state index < -0.39 is 0 Å². The van der Waals surface area contributed by atoms with Gasteiger partial charge < -0.3 is 10.2 Å². The summed E-state index contributed by atoms with van der Waals surface area (Å²) in [7, 11) is 0. The summed E-state index contributed by atoms with van der Waals surface area (Å²) in [5.41, 5.74) is 2.68. The summed E-state index contributed by atoms with van der Waals surface area (Å²) in [5, 5.41) is 3.41. The number of pyridine rings is 1. The molecule has 0 bridgehead atoms. The Morgan fingerprint density at radius 3 is 2.89 bits per heavy atom. The molecule has 2 rings (SSSR count). The first-order valence-electron chi connectivity index (χ1n) is 7.53. The van der Waals surface area contributed by atoms with E-state index in [9.17, 15) is 0 Å². The van der Waals surface area contributed by atoms with E-state index in [1.54, 1.807) is 0 Å². The molecule has 0 amide bonds. The highest BCUT2D eigenvalue weighted by atomic mass is 15.2. The van der Waals surface area contributed by atoms with E-state index in [2.05, 4.69) is 49.0 Å². The van der Waals surface area contributed by atoms with Gasteiger partial charge in [-0.05, 0) is 37.8 Å². The van der Waals surface area contributed by atoms with E-state index in [-0.39, 0.29) is 0 Å². The highest BCUT2D eigenvalue weighted by molar-refractivity contribution is 5.53. The molecule has 1 saturated heterocycles. The zero-order valence-corrected chi connectivity index (χ0v) is 12.7. The number of hydrogen-bond acceptors (Lipinski definition) is 3. The fourth-order valence-corrected chi connectivity index (χ4v) is 3.13. The van der Waals surface area contributed by atoms with Crippen molar-refractivity contribution in [1.82, 2.24) is 10.3 Å². The monoisotopic (exact) mass is 261 g/mol. The van der Waals surface area contributed by atoms with Crippen LogP contribution < -0.4 is 10.2 Å². The lowest BCUT2D eigenvalue weighted by atomic mass is 9.85. The van der Waals surface area contributed by atoms with Gasteiger partial charge >= 0.3 is 0 Å². The van der Waals surface area contributed by atoms with E-state index in [0.717, 1.165) is 31.5 Å². The van der Waals surface area contributed by atoms with Crippen LogP contribution in [-0.4, -0.2) is 24.1 Å². The van der Waals surface area contributed by atoms with Crippen molar-refractivity contribution in [2.45, 2.75) is 46.7 Å². The molecule has 0 spiro atoms. The summed E-state index contributed by atoms with van der Waals surface area (Å²) >= 11 is 0. The van der Waals surface area contributed by atoms with Gasteiger partial charge in [-0.1, -0.05) is 20.8 Å². The Bertz CT molecular complexity index is 405. The molecule has 2 heterocycles. The predicted octanol–water partition coefficient (Wildman–Crippen LogP) is 3.06. The quantitative estimate of drug-likeness (QED) is 0.903. The highest BCUT2D eigenvalue weighted by Gasteiger charge is 2.29. The van der Waals surface area contributed by atoms with Crippen molar-refractivity contribution < 1.29 is 0 Å². The van der Waals surface area contributed by atoms with Crippen molar-refractivity contribution in [3.05, 3.63) is 24.0 Å². The maximum Gasteiger partial charge on any atom is 0.0445 e. The van der Waals surface area contributed by atoms with Crippen molar-refractivity contribution in [2.75, 3.05) is 18.0 Å². The second-order valence-corrected chi connectivity index (χ2v) is 6.00. The molecule has 1 fully saturated rings. The van der Waals surface area contributed by atoms with Crippen LogP contribution in [0.5, 0.6) is 0 Å². The van der Waals surface area contributed by atoms with Crippen molar-refractivity contribution in [3.63, 3.8) is 0 Å². The molecule has 0 aliphatic carbocycles. The maximum absolute atomic E-state index is 4.29. The van der Waals surface area contributed by atoms with Gasteiger partial charge in [0.25, 0.3) is 0 Å². The minimum Gasteiger partial charge on any atom is -0.368 e. The Kier molecular flexibility index (Phi) is 4.81. The Morgan fingerprint density at radius 2 is 2.16 bits per heavy atom. The summed E-state index contributed by atoms with van der Waals surface area (Å²) in [6.07, 6.45) is 5.27. The Hall–Kier alpha value is -1.09. The normalized spacial score (nSPS) is 27.6. The van der Waals surface area contributed by atoms with Gasteiger partial charge in [-0.15, -0.1) is 0 Å². The second kappa shape index (κ2) is 6.38. The standard InChI is InChI=1S/C16H27N3/c1-5-17-9-15-10-18-7-6-16(15)19-11-12(2)8-13(3)14(19)4/h6-7,10,12-14,17H,5,8-9,11H2,1-4H3. The van der Waals surface area contributed by atoms with Crippen LogP contribution in [0.25, 0.3) is 0 Å². The molecule has 0 aromatic carbocycles. The molecule has 3 heteroatoms. The third-order valence-corrected chi connectivity index (χ3v) is 4.35. The van der Waals surface area contributed by atoms with Crippen LogP contribution in [-0.2, 0) is 6.54 Å². The number of nitrogens with one attached hydrogen (secondary N) is 1. The fourth-order valence-electron chi connectivity index (χ4n) is 3.13. The number of rotatable bonds is 4. The van der Waals surface area contributed by atoms with Crippen LogP contribution in [0, 0.1) is 11.8 Å². The first-order valence-corrected chi connectivity index (χ1v) is 7.53. The Morgan fingerprint density at radius 1 is 1.37 bits per heavy atom. The molecule has 3 nitrogen and oxygen atoms in total. The summed E-state index contributed by atoms with van der Waals surface area (Å²) in [6, 6.07) is 2.78. The van der Waals surface area contributed by atoms with Crippen LogP contribution in [0.3, 0.4) is 0 Å². The van der Waals surface area contributed by atoms with Crippen molar-refractivity contribution in [3.8, 4) is 0 Å². The molecular formula is C16H27N3. The van der Waals surface area contributed by atoms with Crippen LogP contribution in [0.15, 0.2) is 18.5 Å². The van der Waals surface area contributed by atoms with Gasteiger partial charge in [0.1, 0.15) is 0 Å². The zero-order chi connectivity index (χ0) is 13.8. The zero-order valence-electron chi connectivity index (χ0n) is 12.7. The van der Waals surface area contributed by atoms with Crippen molar-refractivity contribution in [1.29, 1.82) is 0 Å². The fraction of sp³-hybridized carbons (Fsp3) is 0.688. The molecule has 1 N–H and O–H groups in total. The van der Waals surface area contributed by atoms with E-state index >= 15 is 0 Å². The molecule has 0 saturated carbocycles. The largest absolute Gasteiger partial charge is 0.368 e. The molecule has 0 radical (unpaired) electrons. The highest BCUT2D eigenvalue weighted by Crippen LogP contribution is 2.32. The van der Waals surface area contributed by atoms with Crippen molar-refractivity contribution >= 4 is 5.69 Å². The molecule has 1 aromatic heterocycles. The smallest absolute Gasteiger partial charge is 0.0445 e. The lowest BCUT2D eigenvalue weighted by molar-refractivity contribution is 0.296. The Balaban J connectivity index is 2.24. The minimum absolute atomic E-state index is 0.610. The number of piperidine rings is 1. The first-order chi connectivity index (χ1) is 9.13. The van der Waals surface area contributed by atoms with Crippen LogP contribution in [0.4, 0.5) is 5.69 Å². The molecule has 1 aromatic rings. The summed E-state index contributed by atoms with van der Waals surface area (Å²) < 4.78 is 0. The molecule has 3 unspecified atom stereocenters. The summed E-state index contributed by atoms with van der Waals surface area (Å²) in [4.78, 5) is 6.87. The van der Waals surface area contributed by atoms with Gasteiger partial charge in [-0.25, -0.2) is 0 Å². The average Bonchev–Trinajstić information content (AvgIpc) is 2.41. The van der Waals surface area contributed by atoms with E-state index in [1.165, 1.54) is 17.7 Å². The minimum atomic E-state index is 0.610. The van der Waals surface area contributed by atoms with Gasteiger partial charge in [0, 0.05) is 42.8 Å². The third-order valence-electron chi connectivity index (χ3n) is 4.35. The molecular weight excluding hydrogens is 234 g/mol. The van der Waals surface area contributed by atoms with E-state index in [4.69, 9.17) is 0 Å². The molecule has 19 heavy (non-hydrogen) atoms. The van der Waals surface area contributed by atoms with E-state index in [0.29, 0.717) is 6.04 Å². The number of hydrogen-bond donors (Lipinski definition) is 1. The first kappa shape index (κ1) is 14.3. The van der Waals surface area contributed by atoms with E-state index in [1.807, 2.05) is 12.4 Å². The Labute approximate surface area is 117 Å². The molecule has 3 atom stereocenters. The number of aromatic nitrogens is 1. The maximum atomic E-state index is 4.29. The topological polar surface area (TPSA) is 28.2 Å². The van der Waals surface area contributed by atoms with Gasteiger partial charge in [0.15, 0.2) is 0 Å². The molecule has 106 valence electrons. The lowest BCUT2D eigenvalue weighted by Crippen LogP contribution is -2.46. The third kappa shape index (κ3) is 3.27. The van der Waals surface area contributed by atoms with Crippen molar-refractivity contribution in [2.24, 2.45) is 11.8 Å². The van der Waals surface area contributed by atoms with Gasteiger partial charge in [0.05, 0.1) is 0 Å². The predicted molar refractivity (Wildman–Crippen MR) is 81.4 cm³/mol. The van der Waals surface area contributed by atoms with Crippen LogP contribution in [0.1, 0.15) is 39.7 Å². The second-order valence-electron chi connectivity index (χ2n) is 6.00. The summed E-state index contributed by atoms with van der Waals surface area (Å²) in [6.45, 7) is 12.3. The van der Waals surface area contributed by atoms with Crippen LogP contribution in [0.2, 0.25) is 0 Å².